The number of nitrogens with two attached hydrogens (primary N) is 1. The lowest BCUT2D eigenvalue weighted by atomic mass is 9.79. The SMILES string of the molecule is CCOC1CC(CC(=O)N2CC(CN)OC(C)(C)C2)C1. The van der Waals surface area contributed by atoms with Gasteiger partial charge in [0.25, 0.3) is 0 Å². The van der Waals surface area contributed by atoms with Crippen LogP contribution < -0.4 is 5.73 Å². The molecule has 2 N–H and O–H groups in total. The summed E-state index contributed by atoms with van der Waals surface area (Å²) < 4.78 is 11.4. The fraction of sp³-hybridized carbons (Fsp3) is 0.933. The quantitative estimate of drug-likeness (QED) is 0.822. The lowest BCUT2D eigenvalue weighted by Crippen LogP contribution is -2.56. The number of carbonyl (C=O) groups is 1. The minimum Gasteiger partial charge on any atom is -0.378 e. The first-order chi connectivity index (χ1) is 9.43. The maximum absolute atomic E-state index is 12.4. The number of hydrogen-bond donors (Lipinski definition) is 1. The highest BCUT2D eigenvalue weighted by Crippen LogP contribution is 2.33. The summed E-state index contributed by atoms with van der Waals surface area (Å²) >= 11 is 0. The van der Waals surface area contributed by atoms with E-state index >= 15 is 0 Å². The summed E-state index contributed by atoms with van der Waals surface area (Å²) in [7, 11) is 0. The first-order valence-electron chi connectivity index (χ1n) is 7.70. The van der Waals surface area contributed by atoms with Gasteiger partial charge in [-0.2, -0.15) is 0 Å². The molecule has 0 bridgehead atoms. The van der Waals surface area contributed by atoms with Crippen molar-refractivity contribution in [3.05, 3.63) is 0 Å². The van der Waals surface area contributed by atoms with E-state index in [1.807, 2.05) is 25.7 Å². The standard InChI is InChI=1S/C15H28N2O3/c1-4-19-12-5-11(6-12)7-14(18)17-9-13(8-16)20-15(2,3)10-17/h11-13H,4-10,16H2,1-3H3. The van der Waals surface area contributed by atoms with Crippen LogP contribution in [-0.2, 0) is 14.3 Å². The molecule has 116 valence electrons. The molecule has 2 rings (SSSR count). The zero-order valence-electron chi connectivity index (χ0n) is 12.9. The van der Waals surface area contributed by atoms with Crippen molar-refractivity contribution in [1.82, 2.24) is 4.90 Å². The van der Waals surface area contributed by atoms with Crippen molar-refractivity contribution in [3.63, 3.8) is 0 Å². The van der Waals surface area contributed by atoms with Crippen molar-refractivity contribution in [2.45, 2.75) is 57.8 Å². The Kier molecular flexibility index (Phi) is 5.04. The summed E-state index contributed by atoms with van der Waals surface area (Å²) in [5.41, 5.74) is 5.40. The van der Waals surface area contributed by atoms with Crippen molar-refractivity contribution < 1.29 is 14.3 Å². The van der Waals surface area contributed by atoms with Crippen molar-refractivity contribution >= 4 is 5.91 Å². The van der Waals surface area contributed by atoms with Crippen LogP contribution in [0, 0.1) is 5.92 Å². The van der Waals surface area contributed by atoms with E-state index in [1.54, 1.807) is 0 Å². The predicted molar refractivity (Wildman–Crippen MR) is 77.3 cm³/mol. The second-order valence-electron chi connectivity index (χ2n) is 6.63. The van der Waals surface area contributed by atoms with Gasteiger partial charge in [-0.15, -0.1) is 0 Å². The number of morpholine rings is 1. The van der Waals surface area contributed by atoms with Crippen LogP contribution in [0.2, 0.25) is 0 Å². The molecule has 0 radical (unpaired) electrons. The monoisotopic (exact) mass is 284 g/mol. The van der Waals surface area contributed by atoms with Gasteiger partial charge in [0.1, 0.15) is 0 Å². The lowest BCUT2D eigenvalue weighted by molar-refractivity contribution is -0.161. The van der Waals surface area contributed by atoms with E-state index in [4.69, 9.17) is 15.2 Å². The van der Waals surface area contributed by atoms with Crippen molar-refractivity contribution in [1.29, 1.82) is 0 Å². The van der Waals surface area contributed by atoms with E-state index in [0.29, 0.717) is 38.1 Å². The highest BCUT2D eigenvalue weighted by atomic mass is 16.5. The maximum atomic E-state index is 12.4. The van der Waals surface area contributed by atoms with E-state index in [1.165, 1.54) is 0 Å². The molecule has 20 heavy (non-hydrogen) atoms. The fourth-order valence-corrected chi connectivity index (χ4v) is 3.20. The Labute approximate surface area is 121 Å². The van der Waals surface area contributed by atoms with Crippen LogP contribution in [0.25, 0.3) is 0 Å². The summed E-state index contributed by atoms with van der Waals surface area (Å²) in [6.07, 6.45) is 3.01. The summed E-state index contributed by atoms with van der Waals surface area (Å²) in [6, 6.07) is 0. The zero-order chi connectivity index (χ0) is 14.8. The highest BCUT2D eigenvalue weighted by Gasteiger charge is 2.37. The smallest absolute Gasteiger partial charge is 0.223 e. The average Bonchev–Trinajstić information content (AvgIpc) is 2.34. The number of rotatable bonds is 5. The molecule has 1 unspecified atom stereocenters. The predicted octanol–water partition coefficient (Wildman–Crippen LogP) is 1.16. The van der Waals surface area contributed by atoms with Crippen LogP contribution in [0.4, 0.5) is 0 Å². The topological polar surface area (TPSA) is 64.8 Å². The molecule has 5 nitrogen and oxygen atoms in total. The molecule has 0 aromatic rings. The van der Waals surface area contributed by atoms with Gasteiger partial charge in [0.2, 0.25) is 5.91 Å². The van der Waals surface area contributed by atoms with Crippen LogP contribution in [0.1, 0.15) is 40.0 Å². The molecule has 1 heterocycles. The summed E-state index contributed by atoms with van der Waals surface area (Å²) in [4.78, 5) is 14.3. The van der Waals surface area contributed by atoms with Gasteiger partial charge >= 0.3 is 0 Å². The molecule has 2 aliphatic rings. The number of amides is 1. The molecule has 1 atom stereocenters. The largest absolute Gasteiger partial charge is 0.378 e. The molecular weight excluding hydrogens is 256 g/mol. The van der Waals surface area contributed by atoms with Crippen LogP contribution >= 0.6 is 0 Å². The molecule has 1 amide bonds. The van der Waals surface area contributed by atoms with Crippen LogP contribution in [0.5, 0.6) is 0 Å². The van der Waals surface area contributed by atoms with Gasteiger partial charge in [-0.25, -0.2) is 0 Å². The Morgan fingerprint density at radius 2 is 2.15 bits per heavy atom. The van der Waals surface area contributed by atoms with Crippen molar-refractivity contribution in [2.75, 3.05) is 26.2 Å². The summed E-state index contributed by atoms with van der Waals surface area (Å²) in [5, 5.41) is 0. The zero-order valence-corrected chi connectivity index (χ0v) is 12.9. The molecule has 5 heteroatoms. The molecular formula is C15H28N2O3. The molecule has 1 saturated heterocycles. The molecule has 0 spiro atoms. The van der Waals surface area contributed by atoms with Crippen LogP contribution in [0.3, 0.4) is 0 Å². The third kappa shape index (κ3) is 3.93. The van der Waals surface area contributed by atoms with Gasteiger partial charge in [0.05, 0.1) is 17.8 Å². The van der Waals surface area contributed by atoms with E-state index in [-0.39, 0.29) is 17.6 Å². The van der Waals surface area contributed by atoms with E-state index in [0.717, 1.165) is 19.4 Å². The van der Waals surface area contributed by atoms with Crippen LogP contribution in [0.15, 0.2) is 0 Å². The lowest BCUT2D eigenvalue weighted by Gasteiger charge is -2.43. The van der Waals surface area contributed by atoms with Crippen molar-refractivity contribution in [2.24, 2.45) is 11.7 Å². The number of ether oxygens (including phenoxy) is 2. The first kappa shape index (κ1) is 15.7. The normalized spacial score (nSPS) is 32.8. The van der Waals surface area contributed by atoms with Gasteiger partial charge < -0.3 is 20.1 Å². The second-order valence-corrected chi connectivity index (χ2v) is 6.63. The van der Waals surface area contributed by atoms with Gasteiger partial charge in [-0.1, -0.05) is 0 Å². The number of nitrogens with zero attached hydrogens (tertiary/aromatic N) is 1. The Hall–Kier alpha value is -0.650. The Bertz CT molecular complexity index is 340. The van der Waals surface area contributed by atoms with E-state index in [2.05, 4.69) is 0 Å². The number of hydrogen-bond acceptors (Lipinski definition) is 4. The van der Waals surface area contributed by atoms with Gasteiger partial charge in [-0.3, -0.25) is 4.79 Å². The second kappa shape index (κ2) is 6.41. The Balaban J connectivity index is 1.80. The minimum atomic E-state index is -0.300. The maximum Gasteiger partial charge on any atom is 0.223 e. The van der Waals surface area contributed by atoms with Gasteiger partial charge in [0.15, 0.2) is 0 Å². The fourth-order valence-electron chi connectivity index (χ4n) is 3.20. The highest BCUT2D eigenvalue weighted by molar-refractivity contribution is 5.76. The molecule has 1 saturated carbocycles. The van der Waals surface area contributed by atoms with E-state index in [9.17, 15) is 4.79 Å². The van der Waals surface area contributed by atoms with Gasteiger partial charge in [0, 0.05) is 32.7 Å². The summed E-state index contributed by atoms with van der Waals surface area (Å²) in [5.74, 6) is 0.723. The number of carbonyl (C=O) groups excluding carboxylic acids is 1. The third-order valence-corrected chi connectivity index (χ3v) is 4.16. The summed E-state index contributed by atoms with van der Waals surface area (Å²) in [6.45, 7) is 8.56. The Morgan fingerprint density at radius 3 is 2.75 bits per heavy atom. The van der Waals surface area contributed by atoms with E-state index < -0.39 is 0 Å². The van der Waals surface area contributed by atoms with Crippen molar-refractivity contribution in [3.8, 4) is 0 Å². The molecule has 1 aliphatic heterocycles. The van der Waals surface area contributed by atoms with Gasteiger partial charge in [-0.05, 0) is 39.5 Å². The minimum absolute atomic E-state index is 0.0414. The Morgan fingerprint density at radius 1 is 1.45 bits per heavy atom. The third-order valence-electron chi connectivity index (χ3n) is 4.16. The molecule has 0 aromatic carbocycles. The van der Waals surface area contributed by atoms with Crippen LogP contribution in [-0.4, -0.2) is 54.9 Å². The molecule has 1 aliphatic carbocycles. The first-order valence-corrected chi connectivity index (χ1v) is 7.70. The average molecular weight is 284 g/mol. The molecule has 2 fully saturated rings. The molecule has 0 aromatic heterocycles.